The molecule has 2 atom stereocenters. The number of ether oxygens (including phenoxy) is 1. The monoisotopic (exact) mass is 1040 g/mol. The number of carbonyl (C=O) groups is 2. The van der Waals surface area contributed by atoms with E-state index in [0.717, 1.165) is 44.2 Å². The van der Waals surface area contributed by atoms with Crippen LogP contribution < -0.4 is 15.7 Å². The highest BCUT2D eigenvalue weighted by molar-refractivity contribution is 7.86. The molecular formula is C55H71ClN6O8SSi. The van der Waals surface area contributed by atoms with Gasteiger partial charge in [-0.1, -0.05) is 121 Å². The molecule has 0 spiro atoms. The van der Waals surface area contributed by atoms with Crippen LogP contribution in [0.2, 0.25) is 10.2 Å². The maximum atomic E-state index is 13.3. The van der Waals surface area contributed by atoms with Crippen LogP contribution in [0.4, 0.5) is 0 Å². The van der Waals surface area contributed by atoms with Crippen LogP contribution in [-0.4, -0.2) is 103 Å². The van der Waals surface area contributed by atoms with Crippen LogP contribution in [0.1, 0.15) is 131 Å². The Labute approximate surface area is 431 Å². The lowest BCUT2D eigenvalue weighted by Gasteiger charge is -2.69. The minimum absolute atomic E-state index is 0.0195. The Hall–Kier alpha value is -4.68. The molecule has 0 aliphatic heterocycles. The Balaban J connectivity index is 0.850. The Morgan fingerprint density at radius 1 is 0.819 bits per heavy atom. The maximum Gasteiger partial charge on any atom is 0.355 e. The number of nitrogens with one attached hydrogen (secondary N) is 1. The van der Waals surface area contributed by atoms with E-state index in [1.807, 2.05) is 37.6 Å². The predicted molar refractivity (Wildman–Crippen MR) is 282 cm³/mol. The van der Waals surface area contributed by atoms with E-state index in [1.165, 1.54) is 22.5 Å². The van der Waals surface area contributed by atoms with Crippen LogP contribution in [0.25, 0.3) is 11.1 Å². The highest BCUT2D eigenvalue weighted by atomic mass is 35.5. The first-order valence-electron chi connectivity index (χ1n) is 25.1. The quantitative estimate of drug-likeness (QED) is 0.0290. The summed E-state index contributed by atoms with van der Waals surface area (Å²) in [4.78, 5) is 30.2. The van der Waals surface area contributed by atoms with Crippen molar-refractivity contribution in [2.24, 2.45) is 21.7 Å². The number of hydrogen-bond acceptors (Lipinski definition) is 12. The molecule has 0 amide bonds. The zero-order chi connectivity index (χ0) is 52.0. The topological polar surface area (TPSA) is 185 Å². The van der Waals surface area contributed by atoms with Crippen molar-refractivity contribution in [1.82, 2.24) is 30.3 Å². The molecule has 17 heteroatoms. The average molecular weight is 1040 g/mol. The fraction of sp³-hybridized carbons (Fsp3) is 0.527. The minimum Gasteiger partial charge on any atom is -0.476 e. The summed E-state index contributed by atoms with van der Waals surface area (Å²) in [6.07, 6.45) is 8.28. The van der Waals surface area contributed by atoms with Gasteiger partial charge >= 0.3 is 5.97 Å². The standard InChI is InChI=1S/C55H71ClN6O8SSi/c1-38-28-45(60-61-48(38)56)47(63)44-21-20-42(46(59-44)49(64)65)43-29-58-62(39(43)2)36-54-31-52(8)30-53(9,32-54)34-55(33-52,35-54)68-26-23-57-24-27-71(66,67)69-37-51(6,7)22-25-70-72(50(3,4)5,40-16-12-10-13-17-40)41-18-14-11-15-19-41/h10-21,28-29,57H,22-27,30-37H2,1-9H3,(H,64,65). The van der Waals surface area contributed by atoms with E-state index in [4.69, 9.17) is 30.0 Å². The molecule has 72 heavy (non-hydrogen) atoms. The summed E-state index contributed by atoms with van der Waals surface area (Å²) in [5.74, 6) is -1.97. The van der Waals surface area contributed by atoms with Crippen LogP contribution >= 0.6 is 11.6 Å². The van der Waals surface area contributed by atoms with Crippen molar-refractivity contribution in [2.45, 2.75) is 124 Å². The molecular weight excluding hydrogens is 968 g/mol. The van der Waals surface area contributed by atoms with Crippen molar-refractivity contribution >= 4 is 52.2 Å². The molecule has 2 N–H and O–H groups in total. The highest BCUT2D eigenvalue weighted by Crippen LogP contribution is 2.72. The Kier molecular flexibility index (Phi) is 15.0. The Morgan fingerprint density at radius 3 is 2.06 bits per heavy atom. The summed E-state index contributed by atoms with van der Waals surface area (Å²) < 4.78 is 48.1. The lowest BCUT2D eigenvalue weighted by Crippen LogP contribution is -2.66. The van der Waals surface area contributed by atoms with Crippen molar-refractivity contribution in [1.29, 1.82) is 0 Å². The second-order valence-electron chi connectivity index (χ2n) is 23.6. The van der Waals surface area contributed by atoms with E-state index in [0.29, 0.717) is 49.4 Å². The van der Waals surface area contributed by atoms with Gasteiger partial charge in [-0.15, -0.1) is 10.2 Å². The SMILES string of the molecule is Cc1cc(C(=O)c2ccc(-c3cnn(CC45CC6(C)CC(C)(C4)CC(OCCNCCS(=O)(=O)OCC(C)(C)CCO[Si](c4ccccc4)(c4ccccc4)C(C)(C)C)(C6)C5)c3C)c(C(=O)O)n2)nnc1Cl. The van der Waals surface area contributed by atoms with Gasteiger partial charge in [-0.25, -0.2) is 9.78 Å². The van der Waals surface area contributed by atoms with Gasteiger partial charge in [0.15, 0.2) is 10.8 Å². The number of ketones is 1. The molecule has 3 aromatic heterocycles. The molecule has 9 rings (SSSR count). The summed E-state index contributed by atoms with van der Waals surface area (Å²) in [6.45, 7) is 21.6. The number of rotatable bonds is 22. The smallest absolute Gasteiger partial charge is 0.355 e. The van der Waals surface area contributed by atoms with E-state index in [9.17, 15) is 23.1 Å². The first-order chi connectivity index (χ1) is 33.8. The molecule has 386 valence electrons. The number of halogens is 1. The summed E-state index contributed by atoms with van der Waals surface area (Å²) in [5.41, 5.74) is 1.34. The van der Waals surface area contributed by atoms with E-state index in [-0.39, 0.29) is 68.0 Å². The molecule has 3 heterocycles. The van der Waals surface area contributed by atoms with Gasteiger partial charge in [0.2, 0.25) is 5.78 Å². The summed E-state index contributed by atoms with van der Waals surface area (Å²) in [6, 6.07) is 25.6. The molecule has 14 nitrogen and oxygen atoms in total. The van der Waals surface area contributed by atoms with Gasteiger partial charge in [0.05, 0.1) is 30.8 Å². The number of carboxylic acids is 1. The predicted octanol–water partition coefficient (Wildman–Crippen LogP) is 9.00. The third-order valence-corrected chi connectivity index (χ3v) is 22.0. The highest BCUT2D eigenvalue weighted by Gasteiger charge is 2.66. The van der Waals surface area contributed by atoms with Crippen molar-refractivity contribution in [2.75, 3.05) is 38.7 Å². The number of benzene rings is 2. The van der Waals surface area contributed by atoms with Crippen molar-refractivity contribution in [3.8, 4) is 11.1 Å². The fourth-order valence-corrected chi connectivity index (χ4v) is 19.0. The van der Waals surface area contributed by atoms with Gasteiger partial charge in [0, 0.05) is 43.1 Å². The summed E-state index contributed by atoms with van der Waals surface area (Å²) in [5, 5.41) is 28.6. The van der Waals surface area contributed by atoms with Crippen molar-refractivity contribution < 1.29 is 36.5 Å². The summed E-state index contributed by atoms with van der Waals surface area (Å²) in [7, 11) is -6.52. The number of aromatic nitrogens is 5. The number of pyridine rings is 1. The Bertz CT molecular complexity index is 2850. The van der Waals surface area contributed by atoms with Gasteiger partial charge in [0.25, 0.3) is 18.4 Å². The van der Waals surface area contributed by atoms with Crippen LogP contribution in [0.3, 0.4) is 0 Å². The molecule has 2 unspecified atom stereocenters. The molecule has 4 aliphatic rings. The number of nitrogens with zero attached hydrogens (tertiary/aromatic N) is 5. The molecule has 0 saturated heterocycles. The van der Waals surface area contributed by atoms with E-state index >= 15 is 0 Å². The van der Waals surface area contributed by atoms with Gasteiger partial charge in [-0.05, 0) is 120 Å². The first-order valence-corrected chi connectivity index (χ1v) is 28.9. The van der Waals surface area contributed by atoms with Crippen LogP contribution in [0.15, 0.2) is 85.1 Å². The molecule has 4 saturated carbocycles. The van der Waals surface area contributed by atoms with Crippen LogP contribution in [-0.2, 0) is 30.0 Å². The zero-order valence-corrected chi connectivity index (χ0v) is 45.9. The van der Waals surface area contributed by atoms with E-state index < -0.39 is 35.6 Å². The average Bonchev–Trinajstić information content (AvgIpc) is 3.65. The Morgan fingerprint density at radius 2 is 1.46 bits per heavy atom. The molecule has 2 aromatic carbocycles. The van der Waals surface area contributed by atoms with Crippen LogP contribution in [0.5, 0.6) is 0 Å². The number of aromatic carboxylic acids is 1. The number of aryl methyl sites for hydroxylation is 1. The number of carboxylic acid groups (broad SMARTS) is 1. The van der Waals surface area contributed by atoms with Crippen molar-refractivity contribution in [3.05, 3.63) is 119 Å². The second-order valence-corrected chi connectivity index (χ2v) is 30.1. The van der Waals surface area contributed by atoms with E-state index in [1.54, 1.807) is 19.2 Å². The fourth-order valence-electron chi connectivity index (χ4n) is 13.3. The van der Waals surface area contributed by atoms with Crippen molar-refractivity contribution in [3.63, 3.8) is 0 Å². The summed E-state index contributed by atoms with van der Waals surface area (Å²) >= 11 is 6.01. The molecule has 0 radical (unpaired) electrons. The molecule has 4 fully saturated rings. The van der Waals surface area contributed by atoms with Gasteiger partial charge in [-0.3, -0.25) is 13.7 Å². The third kappa shape index (κ3) is 11.3. The first kappa shape index (κ1) is 53.6. The second kappa shape index (κ2) is 20.2. The lowest BCUT2D eigenvalue weighted by atomic mass is 9.39. The minimum atomic E-state index is -3.80. The maximum absolute atomic E-state index is 13.3. The number of hydrogen-bond donors (Lipinski definition) is 2. The zero-order valence-electron chi connectivity index (χ0n) is 43.3. The van der Waals surface area contributed by atoms with E-state index in [2.05, 4.69) is 104 Å². The van der Waals surface area contributed by atoms with Gasteiger partial charge in [-0.2, -0.15) is 13.5 Å². The number of carbonyl (C=O) groups excluding carboxylic acids is 1. The molecule has 5 aromatic rings. The molecule has 4 bridgehead atoms. The largest absolute Gasteiger partial charge is 0.476 e. The van der Waals surface area contributed by atoms with Gasteiger partial charge in [0.1, 0.15) is 11.4 Å². The third-order valence-electron chi connectivity index (χ3n) is 15.4. The van der Waals surface area contributed by atoms with Gasteiger partial charge < -0.3 is 19.6 Å². The lowest BCUT2D eigenvalue weighted by molar-refractivity contribution is -0.247. The van der Waals surface area contributed by atoms with Crippen LogP contribution in [0, 0.1) is 35.5 Å². The normalized spacial score (nSPS) is 23.1. The molecule has 4 aliphatic carbocycles.